The molecule has 3 rings (SSSR count). The molecule has 0 atom stereocenters. The second-order valence-electron chi connectivity index (χ2n) is 7.47. The lowest BCUT2D eigenvalue weighted by Gasteiger charge is -2.16. The fraction of sp³-hybridized carbons (Fsp3) is 0.269. The van der Waals surface area contributed by atoms with Crippen molar-refractivity contribution in [3.63, 3.8) is 0 Å². The molecule has 0 fully saturated rings. The van der Waals surface area contributed by atoms with Crippen LogP contribution in [0.3, 0.4) is 0 Å². The van der Waals surface area contributed by atoms with E-state index in [1.807, 2.05) is 24.3 Å². The minimum Gasteiger partial charge on any atom is -0.491 e. The van der Waals surface area contributed by atoms with E-state index in [4.69, 9.17) is 4.74 Å². The Morgan fingerprint density at radius 2 is 1.41 bits per heavy atom. The van der Waals surface area contributed by atoms with E-state index < -0.39 is 34.7 Å². The highest BCUT2D eigenvalue weighted by molar-refractivity contribution is 5.99. The first-order valence-electron chi connectivity index (χ1n) is 10.5. The van der Waals surface area contributed by atoms with Crippen molar-refractivity contribution in [3.05, 3.63) is 88.7 Å². The minimum absolute atomic E-state index is 0.00912. The van der Waals surface area contributed by atoms with Crippen LogP contribution < -0.4 is 4.74 Å². The second-order valence-corrected chi connectivity index (χ2v) is 7.47. The van der Waals surface area contributed by atoms with E-state index >= 15 is 0 Å². The number of benzene rings is 3. The van der Waals surface area contributed by atoms with Crippen LogP contribution in [0.2, 0.25) is 0 Å². The van der Waals surface area contributed by atoms with Crippen LogP contribution in [0.1, 0.15) is 47.3 Å². The molecule has 0 saturated heterocycles. The van der Waals surface area contributed by atoms with Crippen LogP contribution in [-0.4, -0.2) is 12.4 Å². The minimum atomic E-state index is -5.02. The quantitative estimate of drug-likeness (QED) is 0.269. The zero-order valence-corrected chi connectivity index (χ0v) is 17.9. The molecular formula is C26H24F4O2. The summed E-state index contributed by atoms with van der Waals surface area (Å²) in [6, 6.07) is 17.2. The molecule has 3 aromatic rings. The summed E-state index contributed by atoms with van der Waals surface area (Å²) in [6.07, 6.45) is -3.22. The molecule has 0 bridgehead atoms. The third kappa shape index (κ3) is 5.36. The third-order valence-electron chi connectivity index (χ3n) is 5.13. The van der Waals surface area contributed by atoms with Gasteiger partial charge in [0, 0.05) is 12.0 Å². The molecule has 0 unspecified atom stereocenters. The summed E-state index contributed by atoms with van der Waals surface area (Å²) in [5.41, 5.74) is 1.46. The summed E-state index contributed by atoms with van der Waals surface area (Å²) in [5, 5.41) is 0. The van der Waals surface area contributed by atoms with Crippen LogP contribution >= 0.6 is 0 Å². The molecule has 0 spiro atoms. The number of aryl methyl sites for hydroxylation is 1. The smallest absolute Gasteiger partial charge is 0.420 e. The van der Waals surface area contributed by atoms with Crippen molar-refractivity contribution in [3.8, 4) is 16.9 Å². The number of hydrogen-bond acceptors (Lipinski definition) is 2. The van der Waals surface area contributed by atoms with E-state index in [9.17, 15) is 22.4 Å². The van der Waals surface area contributed by atoms with Crippen molar-refractivity contribution in [1.82, 2.24) is 0 Å². The second kappa shape index (κ2) is 9.98. The van der Waals surface area contributed by atoms with Gasteiger partial charge in [0.1, 0.15) is 5.56 Å². The number of Topliss-reactive ketones (excluding diaryl/α,β-unsaturated/α-hetero) is 1. The summed E-state index contributed by atoms with van der Waals surface area (Å²) < 4.78 is 59.8. The van der Waals surface area contributed by atoms with Gasteiger partial charge in [-0.25, -0.2) is 4.39 Å². The first-order valence-corrected chi connectivity index (χ1v) is 10.5. The molecule has 0 aliphatic carbocycles. The Kier molecular flexibility index (Phi) is 7.33. The standard InChI is InChI=1S/C26H24F4O2/c1-3-5-17-6-10-19(11-7-17)20-12-8-18(9-13-20)16-22(31)21-14-15-23(32-4-2)25(27)24(21)26(28,29)30/h6-15H,3-5,16H2,1-2H3. The molecule has 0 heterocycles. The fourth-order valence-corrected chi connectivity index (χ4v) is 3.58. The summed E-state index contributed by atoms with van der Waals surface area (Å²) in [4.78, 5) is 12.6. The van der Waals surface area contributed by atoms with Gasteiger partial charge in [0.25, 0.3) is 0 Å². The maximum absolute atomic E-state index is 14.4. The first kappa shape index (κ1) is 23.5. The SMILES string of the molecule is CCCc1ccc(-c2ccc(CC(=O)c3ccc(OCC)c(F)c3C(F)(F)F)cc2)cc1. The lowest BCUT2D eigenvalue weighted by molar-refractivity contribution is -0.140. The van der Waals surface area contributed by atoms with Gasteiger partial charge in [0.2, 0.25) is 0 Å². The van der Waals surface area contributed by atoms with Gasteiger partial charge in [-0.1, -0.05) is 61.9 Å². The molecule has 2 nitrogen and oxygen atoms in total. The monoisotopic (exact) mass is 444 g/mol. The van der Waals surface area contributed by atoms with Gasteiger partial charge in [-0.2, -0.15) is 13.2 Å². The molecule has 0 aliphatic heterocycles. The highest BCUT2D eigenvalue weighted by Crippen LogP contribution is 2.38. The summed E-state index contributed by atoms with van der Waals surface area (Å²) in [5.74, 6) is -2.89. The Hall–Kier alpha value is -3.15. The van der Waals surface area contributed by atoms with Gasteiger partial charge in [0.05, 0.1) is 6.61 Å². The number of ketones is 1. The Morgan fingerprint density at radius 3 is 1.91 bits per heavy atom. The van der Waals surface area contributed by atoms with E-state index in [1.54, 1.807) is 12.1 Å². The maximum atomic E-state index is 14.4. The molecule has 6 heteroatoms. The molecule has 0 N–H and O–H groups in total. The Morgan fingerprint density at radius 1 is 0.844 bits per heavy atom. The van der Waals surface area contributed by atoms with Gasteiger partial charge >= 0.3 is 6.18 Å². The summed E-state index contributed by atoms with van der Waals surface area (Å²) in [6.45, 7) is 3.66. The number of halogens is 4. The number of carbonyl (C=O) groups excluding carboxylic acids is 1. The van der Waals surface area contributed by atoms with E-state index in [-0.39, 0.29) is 13.0 Å². The Bertz CT molecular complexity index is 1070. The predicted octanol–water partition coefficient (Wildman–Crippen LogP) is 7.29. The maximum Gasteiger partial charge on any atom is 0.420 e. The van der Waals surface area contributed by atoms with Crippen LogP contribution in [-0.2, 0) is 19.0 Å². The average Bonchev–Trinajstić information content (AvgIpc) is 2.75. The van der Waals surface area contributed by atoms with E-state index in [0.29, 0.717) is 5.56 Å². The summed E-state index contributed by atoms with van der Waals surface area (Å²) in [7, 11) is 0. The van der Waals surface area contributed by atoms with Crippen molar-refractivity contribution in [2.75, 3.05) is 6.61 Å². The third-order valence-corrected chi connectivity index (χ3v) is 5.13. The van der Waals surface area contributed by atoms with Crippen molar-refractivity contribution in [2.45, 2.75) is 39.3 Å². The van der Waals surface area contributed by atoms with Gasteiger partial charge in [-0.15, -0.1) is 0 Å². The molecule has 0 aliphatic rings. The van der Waals surface area contributed by atoms with Gasteiger partial charge in [-0.05, 0) is 47.7 Å². The van der Waals surface area contributed by atoms with E-state index in [1.165, 1.54) is 12.5 Å². The van der Waals surface area contributed by atoms with Crippen LogP contribution in [0, 0.1) is 5.82 Å². The number of ether oxygens (including phenoxy) is 1. The molecule has 168 valence electrons. The topological polar surface area (TPSA) is 26.3 Å². The Labute approximate surface area is 184 Å². The number of rotatable bonds is 8. The van der Waals surface area contributed by atoms with Crippen LogP contribution in [0.15, 0.2) is 60.7 Å². The van der Waals surface area contributed by atoms with E-state index in [0.717, 1.165) is 36.1 Å². The lowest BCUT2D eigenvalue weighted by Crippen LogP contribution is -2.18. The van der Waals surface area contributed by atoms with Crippen LogP contribution in [0.25, 0.3) is 11.1 Å². The highest BCUT2D eigenvalue weighted by atomic mass is 19.4. The van der Waals surface area contributed by atoms with Crippen molar-refractivity contribution >= 4 is 5.78 Å². The molecular weight excluding hydrogens is 420 g/mol. The number of alkyl halides is 3. The van der Waals surface area contributed by atoms with Crippen LogP contribution in [0.5, 0.6) is 5.75 Å². The first-order chi connectivity index (χ1) is 15.2. The fourth-order valence-electron chi connectivity index (χ4n) is 3.58. The van der Waals surface area contributed by atoms with Crippen LogP contribution in [0.4, 0.5) is 17.6 Å². The number of hydrogen-bond donors (Lipinski definition) is 0. The van der Waals surface area contributed by atoms with E-state index in [2.05, 4.69) is 19.1 Å². The lowest BCUT2D eigenvalue weighted by atomic mass is 9.96. The van der Waals surface area contributed by atoms with Crippen molar-refractivity contribution < 1.29 is 27.1 Å². The van der Waals surface area contributed by atoms with Gasteiger partial charge in [0.15, 0.2) is 17.3 Å². The molecule has 32 heavy (non-hydrogen) atoms. The summed E-state index contributed by atoms with van der Waals surface area (Å²) >= 11 is 0. The molecule has 0 saturated carbocycles. The Balaban J connectivity index is 1.82. The normalized spacial score (nSPS) is 11.4. The van der Waals surface area contributed by atoms with Crippen molar-refractivity contribution in [1.29, 1.82) is 0 Å². The number of carbonyl (C=O) groups is 1. The average molecular weight is 444 g/mol. The largest absolute Gasteiger partial charge is 0.491 e. The zero-order chi connectivity index (χ0) is 23.3. The zero-order valence-electron chi connectivity index (χ0n) is 17.9. The van der Waals surface area contributed by atoms with Gasteiger partial charge < -0.3 is 4.74 Å². The van der Waals surface area contributed by atoms with Gasteiger partial charge in [-0.3, -0.25) is 4.79 Å². The highest BCUT2D eigenvalue weighted by Gasteiger charge is 2.40. The molecule has 0 radical (unpaired) electrons. The molecule has 0 amide bonds. The predicted molar refractivity (Wildman–Crippen MR) is 116 cm³/mol. The van der Waals surface area contributed by atoms with Crippen molar-refractivity contribution in [2.24, 2.45) is 0 Å². The molecule has 3 aromatic carbocycles. The molecule has 0 aromatic heterocycles.